The van der Waals surface area contributed by atoms with Crippen LogP contribution in [-0.4, -0.2) is 17.6 Å². The zero-order valence-electron chi connectivity index (χ0n) is 9.01. The normalized spacial score (nSPS) is 25.4. The number of carbonyl (C=O) groups is 1. The lowest BCUT2D eigenvalue weighted by atomic mass is 9.55. The Hall–Kier alpha value is -0.570. The molecule has 0 unspecified atom stereocenters. The van der Waals surface area contributed by atoms with Gasteiger partial charge in [-0.1, -0.05) is 6.42 Å². The summed E-state index contributed by atoms with van der Waals surface area (Å²) in [5.41, 5.74) is 5.36. The van der Waals surface area contributed by atoms with Crippen molar-refractivity contribution in [3.05, 3.63) is 0 Å². The molecule has 2 aliphatic carbocycles. The molecule has 0 heterocycles. The van der Waals surface area contributed by atoms with E-state index in [0.29, 0.717) is 5.41 Å². The number of hydrogen-bond donors (Lipinski definition) is 1. The molecule has 14 heavy (non-hydrogen) atoms. The molecule has 0 amide bonds. The van der Waals surface area contributed by atoms with E-state index in [1.807, 2.05) is 0 Å². The first-order chi connectivity index (χ1) is 6.41. The highest BCUT2D eigenvalue weighted by Gasteiger charge is 2.50. The van der Waals surface area contributed by atoms with Crippen molar-refractivity contribution in [2.75, 3.05) is 0 Å². The molecule has 0 aromatic rings. The van der Waals surface area contributed by atoms with Gasteiger partial charge in [0.2, 0.25) is 0 Å². The van der Waals surface area contributed by atoms with Crippen molar-refractivity contribution in [1.29, 1.82) is 0 Å². The average molecular weight is 197 g/mol. The van der Waals surface area contributed by atoms with Crippen LogP contribution in [0, 0.1) is 5.41 Å². The van der Waals surface area contributed by atoms with E-state index in [4.69, 9.17) is 10.5 Å². The fraction of sp³-hybridized carbons (Fsp3) is 0.909. The molecule has 0 aromatic heterocycles. The van der Waals surface area contributed by atoms with Crippen LogP contribution >= 0.6 is 0 Å². The van der Waals surface area contributed by atoms with Crippen LogP contribution in [-0.2, 0) is 9.53 Å². The van der Waals surface area contributed by atoms with E-state index < -0.39 is 5.54 Å². The molecule has 0 saturated heterocycles. The second-order valence-electron chi connectivity index (χ2n) is 5.51. The minimum absolute atomic E-state index is 0.144. The van der Waals surface area contributed by atoms with Gasteiger partial charge >= 0.3 is 5.97 Å². The Bertz CT molecular complexity index is 243. The third kappa shape index (κ3) is 1.65. The van der Waals surface area contributed by atoms with Crippen molar-refractivity contribution in [3.8, 4) is 0 Å². The Balaban J connectivity index is 1.76. The molecule has 0 aromatic carbocycles. The van der Waals surface area contributed by atoms with Crippen LogP contribution in [0.15, 0.2) is 0 Å². The minimum atomic E-state index is -0.845. The highest BCUT2D eigenvalue weighted by atomic mass is 16.5. The lowest BCUT2D eigenvalue weighted by Gasteiger charge is -2.53. The van der Waals surface area contributed by atoms with Gasteiger partial charge in [-0.2, -0.15) is 0 Å². The molecule has 80 valence electrons. The Kier molecular flexibility index (Phi) is 2.11. The number of hydrogen-bond acceptors (Lipinski definition) is 3. The van der Waals surface area contributed by atoms with E-state index >= 15 is 0 Å². The lowest BCUT2D eigenvalue weighted by molar-refractivity contribution is -0.172. The smallest absolute Gasteiger partial charge is 0.325 e. The summed E-state index contributed by atoms with van der Waals surface area (Å²) >= 11 is 0. The fourth-order valence-electron chi connectivity index (χ4n) is 2.38. The predicted molar refractivity (Wildman–Crippen MR) is 53.7 cm³/mol. The van der Waals surface area contributed by atoms with Crippen LogP contribution in [0.1, 0.15) is 46.0 Å². The average Bonchev–Trinajstić information content (AvgIpc) is 1.88. The van der Waals surface area contributed by atoms with Gasteiger partial charge in [-0.25, -0.2) is 0 Å². The van der Waals surface area contributed by atoms with Crippen LogP contribution in [0.25, 0.3) is 0 Å². The largest absolute Gasteiger partial charge is 0.461 e. The Morgan fingerprint density at radius 2 is 2.00 bits per heavy atom. The van der Waals surface area contributed by atoms with Crippen molar-refractivity contribution >= 4 is 5.97 Å². The van der Waals surface area contributed by atoms with Crippen LogP contribution < -0.4 is 5.73 Å². The Labute approximate surface area is 85.0 Å². The summed E-state index contributed by atoms with van der Waals surface area (Å²) in [5.74, 6) is -0.267. The highest BCUT2D eigenvalue weighted by molar-refractivity contribution is 5.79. The second kappa shape index (κ2) is 2.96. The van der Waals surface area contributed by atoms with Gasteiger partial charge in [0.25, 0.3) is 0 Å². The zero-order chi connectivity index (χ0) is 10.4. The van der Waals surface area contributed by atoms with Crippen LogP contribution in [0.2, 0.25) is 0 Å². The molecule has 2 N–H and O–H groups in total. The summed E-state index contributed by atoms with van der Waals surface area (Å²) in [4.78, 5) is 11.4. The molecule has 3 heteroatoms. The number of esters is 1. The van der Waals surface area contributed by atoms with Gasteiger partial charge in [0.15, 0.2) is 0 Å². The van der Waals surface area contributed by atoms with Crippen molar-refractivity contribution in [2.45, 2.75) is 57.6 Å². The van der Waals surface area contributed by atoms with Gasteiger partial charge in [-0.05, 0) is 44.9 Å². The molecule has 0 aliphatic heterocycles. The molecular weight excluding hydrogens is 178 g/mol. The molecular formula is C11H19NO2. The maximum atomic E-state index is 11.4. The molecule has 0 bridgehead atoms. The SMILES string of the molecule is CC(C)(N)C(=O)OC1CC2(CCC2)C1. The number of ether oxygens (including phenoxy) is 1. The van der Waals surface area contributed by atoms with Crippen molar-refractivity contribution in [3.63, 3.8) is 0 Å². The van der Waals surface area contributed by atoms with Gasteiger partial charge in [-0.3, -0.25) is 4.79 Å². The molecule has 0 atom stereocenters. The first kappa shape index (κ1) is 9.97. The molecule has 3 nitrogen and oxygen atoms in total. The van der Waals surface area contributed by atoms with Gasteiger partial charge < -0.3 is 10.5 Å². The molecule has 1 spiro atoms. The first-order valence-corrected chi connectivity index (χ1v) is 5.41. The van der Waals surface area contributed by atoms with Crippen molar-refractivity contribution in [2.24, 2.45) is 11.1 Å². The van der Waals surface area contributed by atoms with Crippen LogP contribution in [0.5, 0.6) is 0 Å². The van der Waals surface area contributed by atoms with E-state index in [-0.39, 0.29) is 12.1 Å². The van der Waals surface area contributed by atoms with Gasteiger partial charge in [-0.15, -0.1) is 0 Å². The summed E-state index contributed by atoms with van der Waals surface area (Å²) < 4.78 is 5.32. The number of rotatable bonds is 2. The Morgan fingerprint density at radius 3 is 2.36 bits per heavy atom. The lowest BCUT2D eigenvalue weighted by Crippen LogP contribution is -2.51. The first-order valence-electron chi connectivity index (χ1n) is 5.41. The van der Waals surface area contributed by atoms with Crippen LogP contribution in [0.3, 0.4) is 0 Å². The predicted octanol–water partition coefficient (Wildman–Crippen LogP) is 1.60. The van der Waals surface area contributed by atoms with Gasteiger partial charge in [0, 0.05) is 0 Å². The maximum Gasteiger partial charge on any atom is 0.325 e. The molecule has 2 fully saturated rings. The summed E-state index contributed by atoms with van der Waals surface area (Å²) in [6.07, 6.45) is 6.28. The second-order valence-corrected chi connectivity index (χ2v) is 5.51. The standard InChI is InChI=1S/C11H19NO2/c1-10(2,12)9(13)14-8-6-11(7-8)4-3-5-11/h8H,3-7,12H2,1-2H3. The van der Waals surface area contributed by atoms with Gasteiger partial charge in [0.1, 0.15) is 11.6 Å². The quantitative estimate of drug-likeness (QED) is 0.684. The van der Waals surface area contributed by atoms with E-state index in [1.54, 1.807) is 13.8 Å². The third-order valence-electron chi connectivity index (χ3n) is 3.54. The third-order valence-corrected chi connectivity index (χ3v) is 3.54. The Morgan fingerprint density at radius 1 is 1.43 bits per heavy atom. The fourth-order valence-corrected chi connectivity index (χ4v) is 2.38. The van der Waals surface area contributed by atoms with E-state index in [0.717, 1.165) is 12.8 Å². The molecule has 2 saturated carbocycles. The summed E-state index contributed by atoms with van der Waals surface area (Å²) in [5, 5.41) is 0. The van der Waals surface area contributed by atoms with Gasteiger partial charge in [0.05, 0.1) is 0 Å². The highest BCUT2D eigenvalue weighted by Crippen LogP contribution is 2.56. The van der Waals surface area contributed by atoms with E-state index in [9.17, 15) is 4.79 Å². The molecule has 2 aliphatic rings. The van der Waals surface area contributed by atoms with Crippen molar-refractivity contribution in [1.82, 2.24) is 0 Å². The summed E-state index contributed by atoms with van der Waals surface area (Å²) in [6.45, 7) is 3.38. The summed E-state index contributed by atoms with van der Waals surface area (Å²) in [6, 6.07) is 0. The van der Waals surface area contributed by atoms with E-state index in [2.05, 4.69) is 0 Å². The number of carbonyl (C=O) groups excluding carboxylic acids is 1. The topological polar surface area (TPSA) is 52.3 Å². The van der Waals surface area contributed by atoms with Crippen LogP contribution in [0.4, 0.5) is 0 Å². The van der Waals surface area contributed by atoms with Crippen molar-refractivity contribution < 1.29 is 9.53 Å². The zero-order valence-corrected chi connectivity index (χ0v) is 9.01. The molecule has 2 rings (SSSR count). The molecule has 0 radical (unpaired) electrons. The minimum Gasteiger partial charge on any atom is -0.461 e. The van der Waals surface area contributed by atoms with E-state index in [1.165, 1.54) is 19.3 Å². The monoisotopic (exact) mass is 197 g/mol. The number of nitrogens with two attached hydrogens (primary N) is 1. The summed E-state index contributed by atoms with van der Waals surface area (Å²) in [7, 11) is 0. The maximum absolute atomic E-state index is 11.4.